The Labute approximate surface area is 108 Å². The molecule has 0 bridgehead atoms. The van der Waals surface area contributed by atoms with Gasteiger partial charge in [0.05, 0.1) is 6.61 Å². The van der Waals surface area contributed by atoms with E-state index in [1.165, 1.54) is 10.9 Å². The number of ether oxygens (including phenoxy) is 2. The molecule has 0 fully saturated rings. The molecule has 0 aliphatic rings. The second-order valence-electron chi connectivity index (χ2n) is 4.51. The third kappa shape index (κ3) is 2.67. The van der Waals surface area contributed by atoms with E-state index in [-0.39, 0.29) is 0 Å². The molecule has 1 aromatic heterocycles. The van der Waals surface area contributed by atoms with Crippen molar-refractivity contribution in [2.24, 2.45) is 0 Å². The first-order chi connectivity index (χ1) is 8.76. The molecule has 98 valence electrons. The molecule has 1 unspecified atom stereocenters. The lowest BCUT2D eigenvalue weighted by atomic mass is 10.2. The highest BCUT2D eigenvalue weighted by Gasteiger charge is 2.08. The van der Waals surface area contributed by atoms with E-state index in [9.17, 15) is 0 Å². The summed E-state index contributed by atoms with van der Waals surface area (Å²) in [5, 5.41) is 1.23. The Kier molecular flexibility index (Phi) is 4.26. The van der Waals surface area contributed by atoms with Crippen molar-refractivity contribution in [2.75, 3.05) is 20.3 Å². The van der Waals surface area contributed by atoms with Gasteiger partial charge in [-0.2, -0.15) is 0 Å². The summed E-state index contributed by atoms with van der Waals surface area (Å²) in [4.78, 5) is 0. The van der Waals surface area contributed by atoms with Crippen molar-refractivity contribution >= 4 is 10.9 Å². The summed E-state index contributed by atoms with van der Waals surface area (Å²) >= 11 is 0. The SMILES string of the molecule is CCOc1ccc2c(ccn2C(C)CCOC)c1. The molecule has 0 radical (unpaired) electrons. The average Bonchev–Trinajstić information content (AvgIpc) is 2.79. The molecule has 0 amide bonds. The molecule has 1 heterocycles. The zero-order valence-corrected chi connectivity index (χ0v) is 11.3. The first-order valence-electron chi connectivity index (χ1n) is 6.48. The van der Waals surface area contributed by atoms with Crippen LogP contribution in [0.5, 0.6) is 5.75 Å². The fraction of sp³-hybridized carbons (Fsp3) is 0.467. The second-order valence-corrected chi connectivity index (χ2v) is 4.51. The average molecular weight is 247 g/mol. The summed E-state index contributed by atoms with van der Waals surface area (Å²) in [6.07, 6.45) is 3.16. The number of nitrogens with zero attached hydrogens (tertiary/aromatic N) is 1. The number of rotatable bonds is 6. The molecular weight excluding hydrogens is 226 g/mol. The fourth-order valence-electron chi connectivity index (χ4n) is 2.21. The summed E-state index contributed by atoms with van der Waals surface area (Å²) in [5.74, 6) is 0.937. The topological polar surface area (TPSA) is 23.4 Å². The van der Waals surface area contributed by atoms with Gasteiger partial charge in [0.1, 0.15) is 5.75 Å². The molecule has 1 atom stereocenters. The molecule has 0 aliphatic heterocycles. The molecular formula is C15H21NO2. The Morgan fingerprint density at radius 3 is 2.83 bits per heavy atom. The fourth-order valence-corrected chi connectivity index (χ4v) is 2.21. The predicted molar refractivity (Wildman–Crippen MR) is 74.3 cm³/mol. The highest BCUT2D eigenvalue weighted by Crippen LogP contribution is 2.25. The quantitative estimate of drug-likeness (QED) is 0.778. The van der Waals surface area contributed by atoms with Gasteiger partial charge in [0.25, 0.3) is 0 Å². The van der Waals surface area contributed by atoms with Crippen LogP contribution in [0.3, 0.4) is 0 Å². The summed E-state index contributed by atoms with van der Waals surface area (Å²) in [5.41, 5.74) is 1.25. The van der Waals surface area contributed by atoms with Gasteiger partial charge in [-0.25, -0.2) is 0 Å². The standard InChI is InChI=1S/C15H21NO2/c1-4-18-14-5-6-15-13(11-14)7-9-16(15)12(2)8-10-17-3/h5-7,9,11-12H,4,8,10H2,1-3H3. The molecule has 18 heavy (non-hydrogen) atoms. The van der Waals surface area contributed by atoms with Crippen LogP contribution < -0.4 is 4.74 Å². The van der Waals surface area contributed by atoms with E-state index in [1.54, 1.807) is 7.11 Å². The maximum atomic E-state index is 5.52. The highest BCUT2D eigenvalue weighted by atomic mass is 16.5. The maximum Gasteiger partial charge on any atom is 0.120 e. The summed E-state index contributed by atoms with van der Waals surface area (Å²) in [6.45, 7) is 5.71. The van der Waals surface area contributed by atoms with Gasteiger partial charge in [0.2, 0.25) is 0 Å². The second kappa shape index (κ2) is 5.91. The van der Waals surface area contributed by atoms with E-state index >= 15 is 0 Å². The van der Waals surface area contributed by atoms with Crippen LogP contribution >= 0.6 is 0 Å². The lowest BCUT2D eigenvalue weighted by Gasteiger charge is -2.15. The lowest BCUT2D eigenvalue weighted by Crippen LogP contribution is -2.06. The van der Waals surface area contributed by atoms with Crippen LogP contribution in [-0.4, -0.2) is 24.9 Å². The number of methoxy groups -OCH3 is 1. The van der Waals surface area contributed by atoms with E-state index in [1.807, 2.05) is 13.0 Å². The highest BCUT2D eigenvalue weighted by molar-refractivity contribution is 5.81. The summed E-state index contributed by atoms with van der Waals surface area (Å²) < 4.78 is 13.0. The van der Waals surface area contributed by atoms with Gasteiger partial charge >= 0.3 is 0 Å². The lowest BCUT2D eigenvalue weighted by molar-refractivity contribution is 0.182. The summed E-state index contributed by atoms with van der Waals surface area (Å²) in [7, 11) is 1.74. The Morgan fingerprint density at radius 2 is 2.11 bits per heavy atom. The predicted octanol–water partition coefficient (Wildman–Crippen LogP) is 3.64. The molecule has 0 saturated carbocycles. The molecule has 1 aromatic carbocycles. The molecule has 0 spiro atoms. The van der Waals surface area contributed by atoms with Crippen LogP contribution in [-0.2, 0) is 4.74 Å². The minimum Gasteiger partial charge on any atom is -0.494 e. The number of fused-ring (bicyclic) bond motifs is 1. The van der Waals surface area contributed by atoms with E-state index in [4.69, 9.17) is 9.47 Å². The monoisotopic (exact) mass is 247 g/mol. The zero-order chi connectivity index (χ0) is 13.0. The third-order valence-corrected chi connectivity index (χ3v) is 3.22. The summed E-state index contributed by atoms with van der Waals surface area (Å²) in [6, 6.07) is 8.84. The van der Waals surface area contributed by atoms with Crippen molar-refractivity contribution in [3.05, 3.63) is 30.5 Å². The molecule has 3 heteroatoms. The largest absolute Gasteiger partial charge is 0.494 e. The van der Waals surface area contributed by atoms with Crippen molar-refractivity contribution < 1.29 is 9.47 Å². The smallest absolute Gasteiger partial charge is 0.120 e. The van der Waals surface area contributed by atoms with Gasteiger partial charge in [0, 0.05) is 36.9 Å². The minimum atomic E-state index is 0.445. The number of aromatic nitrogens is 1. The number of hydrogen-bond donors (Lipinski definition) is 0. The Balaban J connectivity index is 2.25. The van der Waals surface area contributed by atoms with E-state index in [0.717, 1.165) is 18.8 Å². The molecule has 0 saturated heterocycles. The third-order valence-electron chi connectivity index (χ3n) is 3.22. The Hall–Kier alpha value is -1.48. The van der Waals surface area contributed by atoms with E-state index < -0.39 is 0 Å². The normalized spacial score (nSPS) is 12.8. The Bertz CT molecular complexity index is 504. The first kappa shape index (κ1) is 13.0. The number of benzene rings is 1. The minimum absolute atomic E-state index is 0.445. The van der Waals surface area contributed by atoms with Gasteiger partial charge in [-0.1, -0.05) is 0 Å². The van der Waals surface area contributed by atoms with Crippen LogP contribution in [0.25, 0.3) is 10.9 Å². The molecule has 2 rings (SSSR count). The molecule has 0 N–H and O–H groups in total. The van der Waals surface area contributed by atoms with Crippen molar-refractivity contribution in [1.82, 2.24) is 4.57 Å². The van der Waals surface area contributed by atoms with Gasteiger partial charge < -0.3 is 14.0 Å². The van der Waals surface area contributed by atoms with Crippen LogP contribution in [0.4, 0.5) is 0 Å². The van der Waals surface area contributed by atoms with Crippen LogP contribution in [0.15, 0.2) is 30.5 Å². The van der Waals surface area contributed by atoms with Crippen molar-refractivity contribution in [3.63, 3.8) is 0 Å². The van der Waals surface area contributed by atoms with E-state index in [2.05, 4.69) is 35.9 Å². The van der Waals surface area contributed by atoms with Crippen molar-refractivity contribution in [2.45, 2.75) is 26.3 Å². The van der Waals surface area contributed by atoms with E-state index in [0.29, 0.717) is 12.6 Å². The molecule has 0 aliphatic carbocycles. The number of hydrogen-bond acceptors (Lipinski definition) is 2. The Morgan fingerprint density at radius 1 is 1.28 bits per heavy atom. The van der Waals surface area contributed by atoms with Gasteiger partial charge in [-0.15, -0.1) is 0 Å². The van der Waals surface area contributed by atoms with Gasteiger partial charge in [-0.3, -0.25) is 0 Å². The van der Waals surface area contributed by atoms with Crippen LogP contribution in [0.1, 0.15) is 26.3 Å². The van der Waals surface area contributed by atoms with Crippen molar-refractivity contribution in [3.8, 4) is 5.75 Å². The van der Waals surface area contributed by atoms with Crippen LogP contribution in [0, 0.1) is 0 Å². The first-order valence-corrected chi connectivity index (χ1v) is 6.48. The maximum absolute atomic E-state index is 5.52. The van der Waals surface area contributed by atoms with Gasteiger partial charge in [0.15, 0.2) is 0 Å². The van der Waals surface area contributed by atoms with Gasteiger partial charge in [-0.05, 0) is 44.5 Å². The molecule has 2 aromatic rings. The zero-order valence-electron chi connectivity index (χ0n) is 11.3. The van der Waals surface area contributed by atoms with Crippen molar-refractivity contribution in [1.29, 1.82) is 0 Å². The van der Waals surface area contributed by atoms with Crippen LogP contribution in [0.2, 0.25) is 0 Å². The molecule has 3 nitrogen and oxygen atoms in total.